The maximum absolute atomic E-state index is 12.8. The van der Waals surface area contributed by atoms with E-state index >= 15 is 0 Å². The number of carbonyl (C=O) groups is 3. The third-order valence-corrected chi connectivity index (χ3v) is 4.71. The summed E-state index contributed by atoms with van der Waals surface area (Å²) in [4.78, 5) is 45.3. The number of carboxylic acids is 1. The van der Waals surface area contributed by atoms with E-state index in [2.05, 4.69) is 9.97 Å². The minimum Gasteiger partial charge on any atom is -0.480 e. The van der Waals surface area contributed by atoms with Crippen LogP contribution in [0.1, 0.15) is 41.4 Å². The predicted octanol–water partition coefficient (Wildman–Crippen LogP) is 2.54. The molecule has 2 amide bonds. The fraction of sp³-hybridized carbons (Fsp3) is 0.381. The number of hydrogen-bond acceptors (Lipinski definition) is 6. The number of imide groups is 1. The van der Waals surface area contributed by atoms with E-state index in [0.29, 0.717) is 5.56 Å². The summed E-state index contributed by atoms with van der Waals surface area (Å²) in [6, 6.07) is 3.26. The number of aromatic nitrogens is 2. The molecule has 2 aromatic rings. The first-order valence-electron chi connectivity index (χ1n) is 9.74. The third kappa shape index (κ3) is 7.12. The summed E-state index contributed by atoms with van der Waals surface area (Å²) < 4.78 is 38.1. The minimum atomic E-state index is -4.46. The van der Waals surface area contributed by atoms with Crippen molar-refractivity contribution in [2.75, 3.05) is 6.54 Å². The van der Waals surface area contributed by atoms with Gasteiger partial charge in [0.25, 0.3) is 5.91 Å². The van der Waals surface area contributed by atoms with Crippen molar-refractivity contribution >= 4 is 17.8 Å². The zero-order chi connectivity index (χ0) is 23.9. The van der Waals surface area contributed by atoms with Crippen molar-refractivity contribution < 1.29 is 32.7 Å². The van der Waals surface area contributed by atoms with E-state index in [-0.39, 0.29) is 31.5 Å². The maximum Gasteiger partial charge on any atom is 0.416 e. The quantitative estimate of drug-likeness (QED) is 0.599. The summed E-state index contributed by atoms with van der Waals surface area (Å²) in [6.45, 7) is 1.56. The van der Waals surface area contributed by atoms with Crippen molar-refractivity contribution in [1.82, 2.24) is 14.9 Å². The number of alkyl halides is 3. The van der Waals surface area contributed by atoms with Gasteiger partial charge in [0.15, 0.2) is 0 Å². The van der Waals surface area contributed by atoms with Crippen molar-refractivity contribution in [3.63, 3.8) is 0 Å². The molecule has 0 aliphatic heterocycles. The van der Waals surface area contributed by atoms with E-state index < -0.39 is 41.5 Å². The Morgan fingerprint density at radius 2 is 1.81 bits per heavy atom. The highest BCUT2D eigenvalue weighted by atomic mass is 19.4. The van der Waals surface area contributed by atoms with Crippen LogP contribution in [-0.4, -0.2) is 50.3 Å². The second kappa shape index (κ2) is 10.8. The first kappa shape index (κ1) is 24.9. The number of rotatable bonds is 9. The van der Waals surface area contributed by atoms with E-state index in [9.17, 15) is 27.6 Å². The molecule has 32 heavy (non-hydrogen) atoms. The molecule has 2 rings (SSSR count). The topological polar surface area (TPSA) is 126 Å². The SMILES string of the molecule is CC(C[C@@H](N)C(=O)O)CN(C(=O)CCc1ccc(C(F)(F)F)cc1)C(=O)c1cnccn1. The van der Waals surface area contributed by atoms with Gasteiger partial charge in [-0.05, 0) is 36.5 Å². The highest BCUT2D eigenvalue weighted by Crippen LogP contribution is 2.29. The standard InChI is InChI=1S/C21H23F3N4O4/c1-13(10-16(25)20(31)32)12-28(19(30)17-11-26-8-9-27-17)18(29)7-4-14-2-5-15(6-3-14)21(22,23)24/h2-3,5-6,8-9,11,13,16H,4,7,10,12,25H2,1H3,(H,31,32)/t13?,16-/m1/s1. The lowest BCUT2D eigenvalue weighted by Crippen LogP contribution is -2.42. The number of nitrogens with zero attached hydrogens (tertiary/aromatic N) is 3. The lowest BCUT2D eigenvalue weighted by molar-refractivity contribution is -0.139. The Morgan fingerprint density at radius 3 is 2.34 bits per heavy atom. The number of amides is 2. The number of carbonyl (C=O) groups excluding carboxylic acids is 2. The Bertz CT molecular complexity index is 936. The molecule has 0 aliphatic carbocycles. The molecule has 172 valence electrons. The van der Waals surface area contributed by atoms with E-state index in [1.54, 1.807) is 6.92 Å². The molecule has 0 radical (unpaired) electrons. The van der Waals surface area contributed by atoms with Crippen molar-refractivity contribution in [2.24, 2.45) is 11.7 Å². The van der Waals surface area contributed by atoms with Gasteiger partial charge in [0.2, 0.25) is 5.91 Å². The lowest BCUT2D eigenvalue weighted by Gasteiger charge is -2.25. The van der Waals surface area contributed by atoms with Gasteiger partial charge in [0.05, 0.1) is 11.8 Å². The summed E-state index contributed by atoms with van der Waals surface area (Å²) in [5.41, 5.74) is 5.18. The predicted molar refractivity (Wildman–Crippen MR) is 107 cm³/mol. The van der Waals surface area contributed by atoms with Gasteiger partial charge in [-0.2, -0.15) is 13.2 Å². The van der Waals surface area contributed by atoms with Crippen molar-refractivity contribution in [3.05, 3.63) is 59.7 Å². The van der Waals surface area contributed by atoms with Crippen molar-refractivity contribution in [3.8, 4) is 0 Å². The average Bonchev–Trinajstić information content (AvgIpc) is 2.75. The molecule has 11 heteroatoms. The van der Waals surface area contributed by atoms with Gasteiger partial charge in [-0.1, -0.05) is 19.1 Å². The zero-order valence-corrected chi connectivity index (χ0v) is 17.2. The van der Waals surface area contributed by atoms with Gasteiger partial charge in [0, 0.05) is 25.4 Å². The second-order valence-electron chi connectivity index (χ2n) is 7.38. The average molecular weight is 452 g/mol. The van der Waals surface area contributed by atoms with E-state index in [1.165, 1.54) is 30.7 Å². The molecule has 0 saturated heterocycles. The van der Waals surface area contributed by atoms with Gasteiger partial charge in [-0.3, -0.25) is 24.3 Å². The second-order valence-corrected chi connectivity index (χ2v) is 7.38. The smallest absolute Gasteiger partial charge is 0.416 e. The van der Waals surface area contributed by atoms with Crippen LogP contribution in [0.15, 0.2) is 42.9 Å². The van der Waals surface area contributed by atoms with Crippen molar-refractivity contribution in [2.45, 2.75) is 38.4 Å². The molecule has 1 aromatic heterocycles. The molecule has 1 unspecified atom stereocenters. The van der Waals surface area contributed by atoms with E-state index in [0.717, 1.165) is 17.0 Å². The van der Waals surface area contributed by atoms with Crippen LogP contribution in [0.2, 0.25) is 0 Å². The molecule has 2 atom stereocenters. The highest BCUT2D eigenvalue weighted by Gasteiger charge is 2.30. The zero-order valence-electron chi connectivity index (χ0n) is 17.2. The Balaban J connectivity index is 2.12. The van der Waals surface area contributed by atoms with Crippen LogP contribution in [0.4, 0.5) is 13.2 Å². The molecular weight excluding hydrogens is 429 g/mol. The van der Waals surface area contributed by atoms with Crippen LogP contribution >= 0.6 is 0 Å². The van der Waals surface area contributed by atoms with Gasteiger partial charge < -0.3 is 10.8 Å². The summed E-state index contributed by atoms with van der Waals surface area (Å²) in [6.07, 6.45) is -0.595. The summed E-state index contributed by atoms with van der Waals surface area (Å²) in [5, 5.41) is 8.98. The normalized spacial score (nSPS) is 13.3. The molecule has 0 aliphatic rings. The van der Waals surface area contributed by atoms with Crippen LogP contribution in [0.3, 0.4) is 0 Å². The number of hydrogen-bond donors (Lipinski definition) is 2. The van der Waals surface area contributed by atoms with Crippen LogP contribution < -0.4 is 5.73 Å². The molecule has 0 bridgehead atoms. The minimum absolute atomic E-state index is 0.0335. The Hall–Kier alpha value is -3.34. The fourth-order valence-electron chi connectivity index (χ4n) is 3.01. The summed E-state index contributed by atoms with van der Waals surface area (Å²) in [5.74, 6) is -2.89. The molecule has 0 spiro atoms. The van der Waals surface area contributed by atoms with Gasteiger partial charge >= 0.3 is 12.1 Å². The molecule has 3 N–H and O–H groups in total. The van der Waals surface area contributed by atoms with Crippen LogP contribution in [0, 0.1) is 5.92 Å². The Morgan fingerprint density at radius 1 is 1.16 bits per heavy atom. The Labute approximate surface area is 182 Å². The lowest BCUT2D eigenvalue weighted by atomic mass is 10.0. The van der Waals surface area contributed by atoms with Gasteiger partial charge in [-0.15, -0.1) is 0 Å². The number of benzene rings is 1. The van der Waals surface area contributed by atoms with E-state index in [1.807, 2.05) is 0 Å². The number of carboxylic acid groups (broad SMARTS) is 1. The van der Waals surface area contributed by atoms with Gasteiger partial charge in [-0.25, -0.2) is 4.98 Å². The molecule has 0 fully saturated rings. The largest absolute Gasteiger partial charge is 0.480 e. The first-order valence-corrected chi connectivity index (χ1v) is 9.74. The van der Waals surface area contributed by atoms with Crippen molar-refractivity contribution in [1.29, 1.82) is 0 Å². The Kier molecular flexibility index (Phi) is 8.41. The van der Waals surface area contributed by atoms with Crippen LogP contribution in [0.25, 0.3) is 0 Å². The fourth-order valence-corrected chi connectivity index (χ4v) is 3.01. The van der Waals surface area contributed by atoms with Crippen LogP contribution in [0.5, 0.6) is 0 Å². The van der Waals surface area contributed by atoms with Crippen LogP contribution in [-0.2, 0) is 22.2 Å². The number of nitrogens with two attached hydrogens (primary N) is 1. The highest BCUT2D eigenvalue weighted by molar-refractivity contribution is 6.03. The van der Waals surface area contributed by atoms with E-state index in [4.69, 9.17) is 10.8 Å². The summed E-state index contributed by atoms with van der Waals surface area (Å²) >= 11 is 0. The number of halogens is 3. The molecular formula is C21H23F3N4O4. The molecule has 8 nitrogen and oxygen atoms in total. The number of aliphatic carboxylic acids is 1. The molecule has 1 heterocycles. The number of aryl methyl sites for hydroxylation is 1. The monoisotopic (exact) mass is 452 g/mol. The first-order chi connectivity index (χ1) is 15.0. The third-order valence-electron chi connectivity index (χ3n) is 4.71. The summed E-state index contributed by atoms with van der Waals surface area (Å²) in [7, 11) is 0. The maximum atomic E-state index is 12.8. The molecule has 0 saturated carbocycles. The molecule has 1 aromatic carbocycles. The van der Waals surface area contributed by atoms with Gasteiger partial charge in [0.1, 0.15) is 11.7 Å².